The Morgan fingerprint density at radius 3 is 2.44 bits per heavy atom. The van der Waals surface area contributed by atoms with Crippen molar-refractivity contribution in [3.8, 4) is 11.5 Å². The Hall–Kier alpha value is -2.15. The van der Waals surface area contributed by atoms with Gasteiger partial charge in [0, 0.05) is 15.6 Å². The van der Waals surface area contributed by atoms with Gasteiger partial charge in [0.2, 0.25) is 0 Å². The van der Waals surface area contributed by atoms with E-state index in [1.165, 1.54) is 0 Å². The van der Waals surface area contributed by atoms with Gasteiger partial charge >= 0.3 is 0 Å². The molecule has 5 nitrogen and oxygen atoms in total. The standard InChI is InChI=1S/C19H15Cl2NO4S/c1-2-25-16-8-11(9-17-18(23)22-19(24)27-17)6-7-15(16)26-10-12-13(20)4-3-5-14(12)21/h3-9H,2,10H2,1H3,(H,22,23,24)/b17-9-. The third-order valence-electron chi connectivity index (χ3n) is 3.64. The molecule has 2 aromatic carbocycles. The van der Waals surface area contributed by atoms with Crippen molar-refractivity contribution in [1.29, 1.82) is 0 Å². The monoisotopic (exact) mass is 423 g/mol. The molecule has 27 heavy (non-hydrogen) atoms. The van der Waals surface area contributed by atoms with Gasteiger partial charge in [0.15, 0.2) is 11.5 Å². The summed E-state index contributed by atoms with van der Waals surface area (Å²) < 4.78 is 11.5. The normalized spacial score (nSPS) is 15.1. The van der Waals surface area contributed by atoms with Crippen molar-refractivity contribution in [1.82, 2.24) is 5.32 Å². The van der Waals surface area contributed by atoms with Crippen molar-refractivity contribution in [3.63, 3.8) is 0 Å². The molecule has 8 heteroatoms. The molecule has 1 heterocycles. The van der Waals surface area contributed by atoms with E-state index in [4.69, 9.17) is 32.7 Å². The summed E-state index contributed by atoms with van der Waals surface area (Å²) in [7, 11) is 0. The lowest BCUT2D eigenvalue weighted by atomic mass is 10.2. The molecule has 3 rings (SSSR count). The van der Waals surface area contributed by atoms with E-state index >= 15 is 0 Å². The minimum Gasteiger partial charge on any atom is -0.490 e. The molecule has 1 saturated heterocycles. The summed E-state index contributed by atoms with van der Waals surface area (Å²) in [5, 5.41) is 2.89. The summed E-state index contributed by atoms with van der Waals surface area (Å²) in [4.78, 5) is 23.3. The van der Waals surface area contributed by atoms with E-state index in [9.17, 15) is 9.59 Å². The van der Waals surface area contributed by atoms with Crippen LogP contribution in [-0.4, -0.2) is 17.8 Å². The van der Waals surface area contributed by atoms with E-state index in [1.807, 2.05) is 6.92 Å². The molecular formula is C19H15Cl2NO4S. The summed E-state index contributed by atoms with van der Waals surface area (Å²) in [5.41, 5.74) is 1.40. The van der Waals surface area contributed by atoms with Gasteiger partial charge in [0.05, 0.1) is 11.5 Å². The van der Waals surface area contributed by atoms with Gasteiger partial charge in [-0.1, -0.05) is 35.3 Å². The van der Waals surface area contributed by atoms with Gasteiger partial charge < -0.3 is 9.47 Å². The van der Waals surface area contributed by atoms with E-state index in [1.54, 1.807) is 42.5 Å². The van der Waals surface area contributed by atoms with Crippen molar-refractivity contribution >= 4 is 52.2 Å². The van der Waals surface area contributed by atoms with Crippen LogP contribution in [0.4, 0.5) is 4.79 Å². The Morgan fingerprint density at radius 1 is 1.07 bits per heavy atom. The summed E-state index contributed by atoms with van der Waals surface area (Å²) in [6, 6.07) is 10.5. The van der Waals surface area contributed by atoms with Crippen LogP contribution in [0.3, 0.4) is 0 Å². The quantitative estimate of drug-likeness (QED) is 0.638. The maximum atomic E-state index is 11.7. The third-order valence-corrected chi connectivity index (χ3v) is 5.16. The largest absolute Gasteiger partial charge is 0.490 e. The zero-order valence-electron chi connectivity index (χ0n) is 14.3. The Labute approximate surface area is 170 Å². The summed E-state index contributed by atoms with van der Waals surface area (Å²) in [6.45, 7) is 2.49. The molecular weight excluding hydrogens is 409 g/mol. The van der Waals surface area contributed by atoms with Crippen LogP contribution in [-0.2, 0) is 11.4 Å². The van der Waals surface area contributed by atoms with Crippen molar-refractivity contribution in [3.05, 3.63) is 62.5 Å². The molecule has 0 aromatic heterocycles. The van der Waals surface area contributed by atoms with Crippen LogP contribution in [0.1, 0.15) is 18.1 Å². The van der Waals surface area contributed by atoms with E-state index in [0.29, 0.717) is 44.2 Å². The van der Waals surface area contributed by atoms with Gasteiger partial charge in [0.1, 0.15) is 6.61 Å². The zero-order chi connectivity index (χ0) is 19.4. The molecule has 1 aliphatic rings. The minimum absolute atomic E-state index is 0.186. The van der Waals surface area contributed by atoms with E-state index < -0.39 is 5.91 Å². The molecule has 0 saturated carbocycles. The molecule has 0 aliphatic carbocycles. The SMILES string of the molecule is CCOc1cc(/C=C2\SC(=O)NC2=O)ccc1OCc1c(Cl)cccc1Cl. The number of benzene rings is 2. The van der Waals surface area contributed by atoms with E-state index in [-0.39, 0.29) is 11.8 Å². The highest BCUT2D eigenvalue weighted by molar-refractivity contribution is 8.18. The van der Waals surface area contributed by atoms with Gasteiger partial charge in [-0.3, -0.25) is 14.9 Å². The first kappa shape index (κ1) is 19.6. The Balaban J connectivity index is 1.83. The Kier molecular flexibility index (Phi) is 6.31. The fourth-order valence-corrected chi connectivity index (χ4v) is 3.58. The van der Waals surface area contributed by atoms with Crippen LogP contribution in [0.15, 0.2) is 41.3 Å². The first-order chi connectivity index (χ1) is 13.0. The number of hydrogen-bond acceptors (Lipinski definition) is 5. The van der Waals surface area contributed by atoms with Crippen molar-refractivity contribution < 1.29 is 19.1 Å². The molecule has 0 unspecified atom stereocenters. The number of nitrogens with one attached hydrogen (secondary N) is 1. The average molecular weight is 424 g/mol. The van der Waals surface area contributed by atoms with Crippen molar-refractivity contribution in [2.75, 3.05) is 6.61 Å². The number of imide groups is 1. The maximum absolute atomic E-state index is 11.7. The van der Waals surface area contributed by atoms with Crippen molar-refractivity contribution in [2.45, 2.75) is 13.5 Å². The Morgan fingerprint density at radius 2 is 1.81 bits per heavy atom. The molecule has 0 spiro atoms. The molecule has 0 bridgehead atoms. The smallest absolute Gasteiger partial charge is 0.290 e. The molecule has 2 amide bonds. The van der Waals surface area contributed by atoms with Crippen LogP contribution >= 0.6 is 35.0 Å². The average Bonchev–Trinajstić information content (AvgIpc) is 2.93. The van der Waals surface area contributed by atoms with E-state index in [0.717, 1.165) is 11.8 Å². The number of carbonyl (C=O) groups excluding carboxylic acids is 2. The van der Waals surface area contributed by atoms with E-state index in [2.05, 4.69) is 5.32 Å². The fraction of sp³-hybridized carbons (Fsp3) is 0.158. The highest BCUT2D eigenvalue weighted by atomic mass is 35.5. The second-order valence-corrected chi connectivity index (χ2v) is 7.31. The lowest BCUT2D eigenvalue weighted by Crippen LogP contribution is -2.17. The second-order valence-electron chi connectivity index (χ2n) is 5.48. The van der Waals surface area contributed by atoms with Crippen LogP contribution in [0.25, 0.3) is 6.08 Å². The number of rotatable bonds is 6. The Bertz CT molecular complexity index is 910. The van der Waals surface area contributed by atoms with Crippen LogP contribution in [0.2, 0.25) is 10.0 Å². The third kappa shape index (κ3) is 4.77. The molecule has 1 aliphatic heterocycles. The summed E-state index contributed by atoms with van der Waals surface area (Å²) >= 11 is 13.2. The number of carbonyl (C=O) groups is 2. The predicted octanol–water partition coefficient (Wildman–Crippen LogP) is 5.30. The molecule has 0 atom stereocenters. The maximum Gasteiger partial charge on any atom is 0.290 e. The number of thioether (sulfide) groups is 1. The van der Waals surface area contributed by atoms with Crippen LogP contribution in [0.5, 0.6) is 11.5 Å². The van der Waals surface area contributed by atoms with Crippen LogP contribution in [0, 0.1) is 0 Å². The van der Waals surface area contributed by atoms with Crippen LogP contribution < -0.4 is 14.8 Å². The first-order valence-corrected chi connectivity index (χ1v) is 9.62. The molecule has 1 fully saturated rings. The number of ether oxygens (including phenoxy) is 2. The highest BCUT2D eigenvalue weighted by Gasteiger charge is 2.25. The summed E-state index contributed by atoms with van der Waals surface area (Å²) in [6.07, 6.45) is 1.63. The zero-order valence-corrected chi connectivity index (χ0v) is 16.6. The van der Waals surface area contributed by atoms with Gasteiger partial charge in [-0.05, 0) is 54.6 Å². The first-order valence-electron chi connectivity index (χ1n) is 8.05. The fourth-order valence-electron chi connectivity index (χ4n) is 2.39. The van der Waals surface area contributed by atoms with Gasteiger partial charge in [-0.2, -0.15) is 0 Å². The van der Waals surface area contributed by atoms with Gasteiger partial charge in [-0.15, -0.1) is 0 Å². The molecule has 0 radical (unpaired) electrons. The molecule has 140 valence electrons. The summed E-state index contributed by atoms with van der Waals surface area (Å²) in [5.74, 6) is 0.635. The number of hydrogen-bond donors (Lipinski definition) is 1. The predicted molar refractivity (Wildman–Crippen MR) is 108 cm³/mol. The lowest BCUT2D eigenvalue weighted by Gasteiger charge is -2.14. The molecule has 2 aromatic rings. The topological polar surface area (TPSA) is 64.6 Å². The van der Waals surface area contributed by atoms with Gasteiger partial charge in [0.25, 0.3) is 11.1 Å². The number of halogens is 2. The molecule has 1 N–H and O–H groups in total. The lowest BCUT2D eigenvalue weighted by molar-refractivity contribution is -0.115. The number of amides is 2. The second kappa shape index (κ2) is 8.69. The van der Waals surface area contributed by atoms with Crippen molar-refractivity contribution in [2.24, 2.45) is 0 Å². The highest BCUT2D eigenvalue weighted by Crippen LogP contribution is 2.33. The minimum atomic E-state index is -0.406. The van der Waals surface area contributed by atoms with Gasteiger partial charge in [-0.25, -0.2) is 0 Å².